The quantitative estimate of drug-likeness (QED) is 0.633. The van der Waals surface area contributed by atoms with Gasteiger partial charge in [-0.25, -0.2) is 9.59 Å². The third-order valence-corrected chi connectivity index (χ3v) is 2.29. The lowest BCUT2D eigenvalue weighted by atomic mass is 10.3. The second kappa shape index (κ2) is 2.82. The molecule has 0 aromatic carbocycles. The summed E-state index contributed by atoms with van der Waals surface area (Å²) in [4.78, 5) is 20.5. The third kappa shape index (κ3) is 1.37. The van der Waals surface area contributed by atoms with Gasteiger partial charge in [0.15, 0.2) is 0 Å². The topological polar surface area (TPSA) is 101 Å². The fourth-order valence-electron chi connectivity index (χ4n) is 0.678. The smallest absolute Gasteiger partial charge is 0.348 e. The molecular weight excluding hydrogens is 182 g/mol. The Labute approximate surface area is 71.1 Å². The van der Waals surface area contributed by atoms with E-state index in [-0.39, 0.29) is 15.4 Å². The lowest BCUT2D eigenvalue weighted by Crippen LogP contribution is -1.96. The fraction of sp³-hybridized carbons (Fsp3) is 0. The van der Waals surface area contributed by atoms with Crippen molar-refractivity contribution in [2.75, 3.05) is 5.73 Å². The number of anilines is 1. The number of carbonyl (C=O) groups is 2. The van der Waals surface area contributed by atoms with Gasteiger partial charge >= 0.3 is 11.9 Å². The first kappa shape index (κ1) is 8.54. The molecule has 0 atom stereocenters. The van der Waals surface area contributed by atoms with E-state index >= 15 is 0 Å². The highest BCUT2D eigenvalue weighted by atomic mass is 32.1. The van der Waals surface area contributed by atoms with Gasteiger partial charge in [-0.2, -0.15) is 0 Å². The molecule has 0 unspecified atom stereocenters. The van der Waals surface area contributed by atoms with Crippen molar-refractivity contribution in [1.82, 2.24) is 0 Å². The molecule has 1 aromatic rings. The SMILES string of the molecule is Nc1cc(C(=O)O)sc1C(=O)O. The van der Waals surface area contributed by atoms with Gasteiger partial charge in [-0.05, 0) is 6.07 Å². The molecule has 1 rings (SSSR count). The highest BCUT2D eigenvalue weighted by molar-refractivity contribution is 7.16. The van der Waals surface area contributed by atoms with E-state index in [4.69, 9.17) is 15.9 Å². The van der Waals surface area contributed by atoms with Gasteiger partial charge in [0.05, 0.1) is 5.69 Å². The van der Waals surface area contributed by atoms with Gasteiger partial charge in [-0.15, -0.1) is 11.3 Å². The maximum atomic E-state index is 10.4. The predicted octanol–water partition coefficient (Wildman–Crippen LogP) is 0.727. The van der Waals surface area contributed by atoms with E-state index in [1.807, 2.05) is 0 Å². The van der Waals surface area contributed by atoms with Crippen molar-refractivity contribution >= 4 is 29.0 Å². The number of carboxylic acid groups (broad SMARTS) is 2. The van der Waals surface area contributed by atoms with Gasteiger partial charge in [-0.1, -0.05) is 0 Å². The Morgan fingerprint density at radius 3 is 2.17 bits per heavy atom. The number of nitrogen functional groups attached to an aromatic ring is 1. The van der Waals surface area contributed by atoms with Crippen molar-refractivity contribution in [2.24, 2.45) is 0 Å². The summed E-state index contributed by atoms with van der Waals surface area (Å²) in [6, 6.07) is 1.14. The Morgan fingerprint density at radius 2 is 1.92 bits per heavy atom. The Bertz CT molecular complexity index is 343. The zero-order chi connectivity index (χ0) is 9.30. The minimum Gasteiger partial charge on any atom is -0.477 e. The van der Waals surface area contributed by atoms with Crippen LogP contribution in [0.1, 0.15) is 19.3 Å². The van der Waals surface area contributed by atoms with E-state index in [9.17, 15) is 9.59 Å². The van der Waals surface area contributed by atoms with Crippen LogP contribution in [0.4, 0.5) is 5.69 Å². The third-order valence-electron chi connectivity index (χ3n) is 1.17. The molecule has 64 valence electrons. The van der Waals surface area contributed by atoms with Crippen LogP contribution in [0, 0.1) is 0 Å². The van der Waals surface area contributed by atoms with Crippen LogP contribution < -0.4 is 5.73 Å². The minimum atomic E-state index is -1.20. The number of nitrogens with two attached hydrogens (primary N) is 1. The Kier molecular flexibility index (Phi) is 2.01. The van der Waals surface area contributed by atoms with Crippen molar-refractivity contribution in [3.8, 4) is 0 Å². The van der Waals surface area contributed by atoms with Crippen LogP contribution in [0.3, 0.4) is 0 Å². The average molecular weight is 187 g/mol. The van der Waals surface area contributed by atoms with Gasteiger partial charge in [0, 0.05) is 0 Å². The van der Waals surface area contributed by atoms with Crippen LogP contribution in [0.15, 0.2) is 6.07 Å². The summed E-state index contributed by atoms with van der Waals surface area (Å²) in [5.41, 5.74) is 5.24. The summed E-state index contributed by atoms with van der Waals surface area (Å²) in [5, 5.41) is 17.0. The van der Waals surface area contributed by atoms with Crippen molar-refractivity contribution in [3.05, 3.63) is 15.8 Å². The highest BCUT2D eigenvalue weighted by Gasteiger charge is 2.16. The zero-order valence-electron chi connectivity index (χ0n) is 5.77. The molecule has 0 aliphatic carbocycles. The monoisotopic (exact) mass is 187 g/mol. The average Bonchev–Trinajstić information content (AvgIpc) is 2.30. The molecule has 5 nitrogen and oxygen atoms in total. The maximum Gasteiger partial charge on any atom is 0.348 e. The molecule has 0 spiro atoms. The van der Waals surface area contributed by atoms with E-state index in [1.54, 1.807) is 0 Å². The van der Waals surface area contributed by atoms with Crippen LogP contribution >= 0.6 is 11.3 Å². The number of aromatic carboxylic acids is 2. The molecule has 0 aliphatic heterocycles. The molecule has 6 heteroatoms. The summed E-state index contributed by atoms with van der Waals surface area (Å²) >= 11 is 0.652. The molecule has 0 bridgehead atoms. The van der Waals surface area contributed by atoms with Crippen LogP contribution in [-0.2, 0) is 0 Å². The predicted molar refractivity (Wildman–Crippen MR) is 42.6 cm³/mol. The molecule has 1 aromatic heterocycles. The summed E-state index contributed by atoms with van der Waals surface area (Å²) in [6.45, 7) is 0. The lowest BCUT2D eigenvalue weighted by molar-refractivity contribution is 0.0694. The molecule has 0 saturated heterocycles. The van der Waals surface area contributed by atoms with E-state index in [2.05, 4.69) is 0 Å². The molecule has 0 saturated carbocycles. The van der Waals surface area contributed by atoms with Crippen LogP contribution in [0.25, 0.3) is 0 Å². The second-order valence-corrected chi connectivity index (χ2v) is 3.06. The largest absolute Gasteiger partial charge is 0.477 e. The first-order chi connectivity index (χ1) is 5.52. The fourth-order valence-corrected chi connectivity index (χ4v) is 1.43. The van der Waals surface area contributed by atoms with Gasteiger partial charge in [-0.3, -0.25) is 0 Å². The molecule has 0 aliphatic rings. The number of rotatable bonds is 2. The van der Waals surface area contributed by atoms with Gasteiger partial charge in [0.2, 0.25) is 0 Å². The molecule has 0 fully saturated rings. The molecule has 1 heterocycles. The standard InChI is InChI=1S/C6H5NO4S/c7-2-1-3(5(8)9)12-4(2)6(10)11/h1H,7H2,(H,8,9)(H,10,11). The van der Waals surface area contributed by atoms with Crippen LogP contribution in [0.5, 0.6) is 0 Å². The van der Waals surface area contributed by atoms with Crippen LogP contribution in [-0.4, -0.2) is 22.2 Å². The molecule has 0 radical (unpaired) electrons. The maximum absolute atomic E-state index is 10.4. The summed E-state index contributed by atoms with van der Waals surface area (Å²) in [7, 11) is 0. The second-order valence-electron chi connectivity index (χ2n) is 2.01. The van der Waals surface area contributed by atoms with Crippen molar-refractivity contribution in [1.29, 1.82) is 0 Å². The summed E-state index contributed by atoms with van der Waals surface area (Å²) in [5.74, 6) is -2.37. The zero-order valence-corrected chi connectivity index (χ0v) is 6.59. The minimum absolute atomic E-state index is 0.00935. The van der Waals surface area contributed by atoms with Gasteiger partial charge < -0.3 is 15.9 Å². The lowest BCUT2D eigenvalue weighted by Gasteiger charge is -1.86. The van der Waals surface area contributed by atoms with Crippen molar-refractivity contribution in [3.63, 3.8) is 0 Å². The van der Waals surface area contributed by atoms with Gasteiger partial charge in [0.1, 0.15) is 9.75 Å². The molecule has 12 heavy (non-hydrogen) atoms. The van der Waals surface area contributed by atoms with Crippen molar-refractivity contribution in [2.45, 2.75) is 0 Å². The van der Waals surface area contributed by atoms with E-state index < -0.39 is 11.9 Å². The number of thiophene rings is 1. The number of carboxylic acids is 2. The Hall–Kier alpha value is -1.56. The summed E-state index contributed by atoms with van der Waals surface area (Å²) in [6.07, 6.45) is 0. The molecule has 4 N–H and O–H groups in total. The van der Waals surface area contributed by atoms with E-state index in [0.717, 1.165) is 6.07 Å². The Morgan fingerprint density at radius 1 is 1.33 bits per heavy atom. The first-order valence-corrected chi connectivity index (χ1v) is 3.70. The Balaban J connectivity index is 3.17. The van der Waals surface area contributed by atoms with Crippen LogP contribution in [0.2, 0.25) is 0 Å². The van der Waals surface area contributed by atoms with E-state index in [0.29, 0.717) is 11.3 Å². The molecular formula is C6H5NO4S. The highest BCUT2D eigenvalue weighted by Crippen LogP contribution is 2.24. The molecule has 0 amide bonds. The van der Waals surface area contributed by atoms with Crippen molar-refractivity contribution < 1.29 is 19.8 Å². The normalized spacial score (nSPS) is 9.67. The van der Waals surface area contributed by atoms with E-state index in [1.165, 1.54) is 0 Å². The first-order valence-electron chi connectivity index (χ1n) is 2.88. The van der Waals surface area contributed by atoms with Gasteiger partial charge in [0.25, 0.3) is 0 Å². The number of hydrogen-bond donors (Lipinski definition) is 3. The number of hydrogen-bond acceptors (Lipinski definition) is 4. The summed E-state index contributed by atoms with van der Waals surface area (Å²) < 4.78 is 0.